The minimum Gasteiger partial charge on any atom is -0.478 e. The lowest BCUT2D eigenvalue weighted by Crippen LogP contribution is -2.42. The van der Waals surface area contributed by atoms with Crippen molar-refractivity contribution >= 4 is 17.6 Å². The van der Waals surface area contributed by atoms with Crippen molar-refractivity contribution in [1.29, 1.82) is 0 Å². The Morgan fingerprint density at radius 2 is 1.65 bits per heavy atom. The van der Waals surface area contributed by atoms with E-state index in [1.54, 1.807) is 0 Å². The molecule has 0 aromatic heterocycles. The van der Waals surface area contributed by atoms with E-state index in [2.05, 4.69) is 11.7 Å². The largest absolute Gasteiger partial charge is 0.573 e. The van der Waals surface area contributed by atoms with E-state index >= 15 is 0 Å². The van der Waals surface area contributed by atoms with Gasteiger partial charge in [0.1, 0.15) is 5.75 Å². The fraction of sp³-hybridized carbons (Fsp3) is 0.440. The van der Waals surface area contributed by atoms with E-state index < -0.39 is 18.1 Å². The molecule has 0 aliphatic heterocycles. The second-order valence-corrected chi connectivity index (χ2v) is 8.84. The smallest absolute Gasteiger partial charge is 0.478 e. The lowest BCUT2D eigenvalue weighted by Gasteiger charge is -2.34. The zero-order valence-corrected chi connectivity index (χ0v) is 19.3. The summed E-state index contributed by atoms with van der Waals surface area (Å²) in [6.07, 6.45) is -1.52. The van der Waals surface area contributed by atoms with Crippen LogP contribution >= 0.6 is 0 Å². The Bertz CT molecular complexity index is 1030. The third-order valence-corrected chi connectivity index (χ3v) is 5.88. The van der Waals surface area contributed by atoms with Crippen LogP contribution in [0.2, 0.25) is 0 Å². The molecule has 0 unspecified atom stereocenters. The van der Waals surface area contributed by atoms with Crippen molar-refractivity contribution in [3.63, 3.8) is 0 Å². The number of halogens is 3. The quantitative estimate of drug-likeness (QED) is 0.482. The fourth-order valence-corrected chi connectivity index (χ4v) is 4.19. The molecule has 2 aromatic carbocycles. The van der Waals surface area contributed by atoms with Crippen molar-refractivity contribution < 1.29 is 37.3 Å². The average Bonchev–Trinajstić information content (AvgIpc) is 2.75. The standard InChI is InChI=1S/C25H28F3NO5/c1-15(2)29(23(30)17-10-8-16(3)9-11-17)20-13-12-18(14-19(20)24(31)32)33-21-6-4-5-7-22(21)34-25(26,27)28/h4-7,12-17H,8-11H2,1-3H3,(H,31,32). The number of alkyl halides is 3. The van der Waals surface area contributed by atoms with E-state index in [0.29, 0.717) is 5.92 Å². The molecule has 0 radical (unpaired) electrons. The number of hydrogen-bond acceptors (Lipinski definition) is 4. The number of hydrogen-bond donors (Lipinski definition) is 1. The minimum atomic E-state index is -4.91. The number of aromatic carboxylic acids is 1. The summed E-state index contributed by atoms with van der Waals surface area (Å²) < 4.78 is 47.6. The summed E-state index contributed by atoms with van der Waals surface area (Å²) in [5.74, 6) is -1.80. The molecular weight excluding hydrogens is 451 g/mol. The number of rotatable bonds is 7. The van der Waals surface area contributed by atoms with Gasteiger partial charge in [0.25, 0.3) is 0 Å². The molecule has 0 heterocycles. The van der Waals surface area contributed by atoms with Crippen LogP contribution in [0.3, 0.4) is 0 Å². The highest BCUT2D eigenvalue weighted by Gasteiger charge is 2.34. The maximum absolute atomic E-state index is 13.4. The Labute approximate surface area is 196 Å². The van der Waals surface area contributed by atoms with Gasteiger partial charge in [-0.05, 0) is 75.8 Å². The molecule has 1 fully saturated rings. The van der Waals surface area contributed by atoms with E-state index in [9.17, 15) is 27.9 Å². The van der Waals surface area contributed by atoms with E-state index in [4.69, 9.17) is 4.74 Å². The van der Waals surface area contributed by atoms with Crippen LogP contribution in [0.15, 0.2) is 42.5 Å². The number of carboxylic acids is 1. The van der Waals surface area contributed by atoms with Crippen molar-refractivity contribution in [3.8, 4) is 17.2 Å². The van der Waals surface area contributed by atoms with Crippen molar-refractivity contribution in [2.45, 2.75) is 58.9 Å². The van der Waals surface area contributed by atoms with Crippen molar-refractivity contribution in [3.05, 3.63) is 48.0 Å². The maximum Gasteiger partial charge on any atom is 0.573 e. The molecule has 3 rings (SSSR count). The zero-order valence-electron chi connectivity index (χ0n) is 19.3. The van der Waals surface area contributed by atoms with Gasteiger partial charge < -0.3 is 19.5 Å². The van der Waals surface area contributed by atoms with E-state index in [0.717, 1.165) is 31.7 Å². The van der Waals surface area contributed by atoms with Crippen LogP contribution in [0.5, 0.6) is 17.2 Å². The number of carboxylic acid groups (broad SMARTS) is 1. The van der Waals surface area contributed by atoms with Crippen LogP contribution in [-0.2, 0) is 4.79 Å². The Balaban J connectivity index is 1.92. The molecule has 9 heteroatoms. The van der Waals surface area contributed by atoms with Gasteiger partial charge in [-0.25, -0.2) is 4.79 Å². The monoisotopic (exact) mass is 479 g/mol. The third-order valence-electron chi connectivity index (χ3n) is 5.88. The number of para-hydroxylation sites is 2. The highest BCUT2D eigenvalue weighted by molar-refractivity contribution is 6.03. The highest BCUT2D eigenvalue weighted by Crippen LogP contribution is 2.38. The zero-order chi connectivity index (χ0) is 25.0. The maximum atomic E-state index is 13.4. The Hall–Kier alpha value is -3.23. The first kappa shape index (κ1) is 25.4. The number of amides is 1. The lowest BCUT2D eigenvalue weighted by atomic mass is 9.82. The van der Waals surface area contributed by atoms with Gasteiger partial charge in [-0.3, -0.25) is 4.79 Å². The van der Waals surface area contributed by atoms with E-state index in [1.165, 1.54) is 41.3 Å². The summed E-state index contributed by atoms with van der Waals surface area (Å²) in [6, 6.07) is 8.99. The predicted octanol–water partition coefficient (Wildman–Crippen LogP) is 6.64. The van der Waals surface area contributed by atoms with Gasteiger partial charge in [0.2, 0.25) is 5.91 Å². The topological polar surface area (TPSA) is 76.1 Å². The summed E-state index contributed by atoms with van der Waals surface area (Å²) in [5.41, 5.74) is 0.0382. The van der Waals surface area contributed by atoms with Crippen LogP contribution in [0.25, 0.3) is 0 Å². The van der Waals surface area contributed by atoms with Crippen LogP contribution in [0.1, 0.15) is 56.8 Å². The predicted molar refractivity (Wildman–Crippen MR) is 120 cm³/mol. The second-order valence-electron chi connectivity index (χ2n) is 8.84. The summed E-state index contributed by atoms with van der Waals surface area (Å²) in [6.45, 7) is 5.77. The van der Waals surface area contributed by atoms with Crippen LogP contribution in [0, 0.1) is 11.8 Å². The van der Waals surface area contributed by atoms with Crippen LogP contribution in [0.4, 0.5) is 18.9 Å². The number of anilines is 1. The lowest BCUT2D eigenvalue weighted by molar-refractivity contribution is -0.275. The van der Waals surface area contributed by atoms with Gasteiger partial charge in [0.15, 0.2) is 11.5 Å². The van der Waals surface area contributed by atoms with E-state index in [-0.39, 0.29) is 40.6 Å². The first-order valence-electron chi connectivity index (χ1n) is 11.2. The molecule has 1 aliphatic rings. The van der Waals surface area contributed by atoms with Crippen molar-refractivity contribution in [2.75, 3.05) is 4.90 Å². The molecule has 2 aromatic rings. The molecule has 0 spiro atoms. The molecule has 1 aliphatic carbocycles. The molecular formula is C25H28F3NO5. The number of nitrogens with zero attached hydrogens (tertiary/aromatic N) is 1. The fourth-order valence-electron chi connectivity index (χ4n) is 4.19. The first-order chi connectivity index (χ1) is 16.0. The summed E-state index contributed by atoms with van der Waals surface area (Å²) in [7, 11) is 0. The molecule has 34 heavy (non-hydrogen) atoms. The molecule has 0 atom stereocenters. The van der Waals surface area contributed by atoms with Gasteiger partial charge in [-0.2, -0.15) is 0 Å². The van der Waals surface area contributed by atoms with Crippen LogP contribution < -0.4 is 14.4 Å². The van der Waals surface area contributed by atoms with Gasteiger partial charge in [-0.15, -0.1) is 13.2 Å². The molecule has 0 saturated heterocycles. The molecule has 1 amide bonds. The second kappa shape index (κ2) is 10.4. The Kier molecular flexibility index (Phi) is 7.74. The molecule has 0 bridgehead atoms. The van der Waals surface area contributed by atoms with Gasteiger partial charge in [0, 0.05) is 12.0 Å². The molecule has 184 valence electrons. The summed E-state index contributed by atoms with van der Waals surface area (Å²) >= 11 is 0. The number of benzene rings is 2. The number of ether oxygens (including phenoxy) is 2. The third kappa shape index (κ3) is 6.21. The first-order valence-corrected chi connectivity index (χ1v) is 11.2. The number of carbonyl (C=O) groups excluding carboxylic acids is 1. The summed E-state index contributed by atoms with van der Waals surface area (Å²) in [4.78, 5) is 26.9. The van der Waals surface area contributed by atoms with Gasteiger partial charge in [-0.1, -0.05) is 19.1 Å². The van der Waals surface area contributed by atoms with Gasteiger partial charge >= 0.3 is 12.3 Å². The minimum absolute atomic E-state index is 0.00187. The van der Waals surface area contributed by atoms with Crippen molar-refractivity contribution in [1.82, 2.24) is 0 Å². The SMILES string of the molecule is CC1CCC(C(=O)N(c2ccc(Oc3ccccc3OC(F)(F)F)cc2C(=O)O)C(C)C)CC1. The normalized spacial score (nSPS) is 18.4. The van der Waals surface area contributed by atoms with Gasteiger partial charge in [0.05, 0.1) is 11.3 Å². The molecule has 1 N–H and O–H groups in total. The Morgan fingerprint density at radius 1 is 1.03 bits per heavy atom. The average molecular weight is 479 g/mol. The van der Waals surface area contributed by atoms with E-state index in [1.807, 2.05) is 13.8 Å². The van der Waals surface area contributed by atoms with Crippen LogP contribution in [-0.4, -0.2) is 29.4 Å². The molecule has 6 nitrogen and oxygen atoms in total. The number of carbonyl (C=O) groups is 2. The highest BCUT2D eigenvalue weighted by atomic mass is 19.4. The summed E-state index contributed by atoms with van der Waals surface area (Å²) in [5, 5.41) is 9.85. The molecule has 1 saturated carbocycles. The van der Waals surface area contributed by atoms with Crippen molar-refractivity contribution in [2.24, 2.45) is 11.8 Å². The Morgan fingerprint density at radius 3 is 2.21 bits per heavy atom.